The second-order valence-electron chi connectivity index (χ2n) is 5.41. The lowest BCUT2D eigenvalue weighted by molar-refractivity contribution is -0.143. The number of carbonyl (C=O) groups is 1. The van der Waals surface area contributed by atoms with E-state index in [0.29, 0.717) is 5.92 Å². The normalized spacial score (nSPS) is 23.4. The molecule has 4 heteroatoms. The second kappa shape index (κ2) is 7.06. The molecular weight excluding hydrogens is 258 g/mol. The lowest BCUT2D eigenvalue weighted by Crippen LogP contribution is -2.28. The standard InChI is InChI=1S/C15H23NO2S/c1-2-13-7-8-14(19-13)10-16-9-11-3-5-12(6-4-11)15(17)18/h7-8,11-12,16H,2-6,9-10H2,1H3,(H,17,18). The first-order chi connectivity index (χ1) is 9.19. The molecule has 0 radical (unpaired) electrons. The third-order valence-corrected chi connectivity index (χ3v) is 5.22. The van der Waals surface area contributed by atoms with E-state index in [9.17, 15) is 4.79 Å². The molecule has 106 valence electrons. The number of aryl methyl sites for hydroxylation is 1. The van der Waals surface area contributed by atoms with Gasteiger partial charge in [-0.3, -0.25) is 4.79 Å². The third kappa shape index (κ3) is 4.32. The highest BCUT2D eigenvalue weighted by molar-refractivity contribution is 7.11. The van der Waals surface area contributed by atoms with E-state index < -0.39 is 5.97 Å². The van der Waals surface area contributed by atoms with Crippen molar-refractivity contribution in [3.05, 3.63) is 21.9 Å². The first kappa shape index (κ1) is 14.5. The Balaban J connectivity index is 1.65. The molecule has 1 aromatic rings. The Hall–Kier alpha value is -0.870. The smallest absolute Gasteiger partial charge is 0.306 e. The highest BCUT2D eigenvalue weighted by Crippen LogP contribution is 2.28. The highest BCUT2D eigenvalue weighted by Gasteiger charge is 2.25. The molecule has 1 saturated carbocycles. The predicted octanol–water partition coefficient (Wildman–Crippen LogP) is 3.29. The summed E-state index contributed by atoms with van der Waals surface area (Å²) in [5.41, 5.74) is 0. The average molecular weight is 281 g/mol. The zero-order valence-corrected chi connectivity index (χ0v) is 12.3. The van der Waals surface area contributed by atoms with Gasteiger partial charge in [0.2, 0.25) is 0 Å². The maximum absolute atomic E-state index is 10.9. The Labute approximate surface area is 119 Å². The monoisotopic (exact) mass is 281 g/mol. The zero-order valence-electron chi connectivity index (χ0n) is 11.5. The van der Waals surface area contributed by atoms with E-state index in [4.69, 9.17) is 5.11 Å². The number of hydrogen-bond acceptors (Lipinski definition) is 3. The van der Waals surface area contributed by atoms with Crippen LogP contribution in [0.5, 0.6) is 0 Å². The Morgan fingerprint density at radius 3 is 2.58 bits per heavy atom. The largest absolute Gasteiger partial charge is 0.481 e. The summed E-state index contributed by atoms with van der Waals surface area (Å²) in [6.07, 6.45) is 4.91. The molecule has 1 fully saturated rings. The Morgan fingerprint density at radius 1 is 1.32 bits per heavy atom. The molecule has 1 heterocycles. The lowest BCUT2D eigenvalue weighted by atomic mass is 9.82. The number of rotatable bonds is 6. The van der Waals surface area contributed by atoms with Crippen molar-refractivity contribution in [1.82, 2.24) is 5.32 Å². The van der Waals surface area contributed by atoms with Crippen molar-refractivity contribution in [2.75, 3.05) is 6.54 Å². The van der Waals surface area contributed by atoms with Crippen LogP contribution < -0.4 is 5.32 Å². The minimum Gasteiger partial charge on any atom is -0.481 e. The summed E-state index contributed by atoms with van der Waals surface area (Å²) in [4.78, 5) is 13.7. The van der Waals surface area contributed by atoms with Gasteiger partial charge < -0.3 is 10.4 Å². The SMILES string of the molecule is CCc1ccc(CNCC2CCC(C(=O)O)CC2)s1. The zero-order chi connectivity index (χ0) is 13.7. The van der Waals surface area contributed by atoms with Crippen LogP contribution in [0.2, 0.25) is 0 Å². The third-order valence-electron chi connectivity index (χ3n) is 3.99. The fourth-order valence-electron chi connectivity index (χ4n) is 2.72. The van der Waals surface area contributed by atoms with E-state index >= 15 is 0 Å². The molecular formula is C15H23NO2S. The molecule has 0 aromatic carbocycles. The molecule has 0 atom stereocenters. The van der Waals surface area contributed by atoms with Gasteiger partial charge in [-0.1, -0.05) is 6.92 Å². The predicted molar refractivity (Wildman–Crippen MR) is 78.5 cm³/mol. The van der Waals surface area contributed by atoms with Gasteiger partial charge >= 0.3 is 5.97 Å². The summed E-state index contributed by atoms with van der Waals surface area (Å²) in [5.74, 6) is -0.0565. The van der Waals surface area contributed by atoms with E-state index in [0.717, 1.165) is 45.2 Å². The molecule has 0 bridgehead atoms. The Bertz CT molecular complexity index is 408. The van der Waals surface area contributed by atoms with Crippen molar-refractivity contribution in [3.8, 4) is 0 Å². The quantitative estimate of drug-likeness (QED) is 0.841. The van der Waals surface area contributed by atoms with Gasteiger partial charge in [0.05, 0.1) is 5.92 Å². The molecule has 19 heavy (non-hydrogen) atoms. The van der Waals surface area contributed by atoms with Crippen LogP contribution in [0.1, 0.15) is 42.4 Å². The number of aliphatic carboxylic acids is 1. The summed E-state index contributed by atoms with van der Waals surface area (Å²) in [7, 11) is 0. The number of carboxylic acids is 1. The van der Waals surface area contributed by atoms with Crippen molar-refractivity contribution in [3.63, 3.8) is 0 Å². The van der Waals surface area contributed by atoms with Crippen LogP contribution in [-0.4, -0.2) is 17.6 Å². The molecule has 2 N–H and O–H groups in total. The average Bonchev–Trinajstić information content (AvgIpc) is 2.87. The van der Waals surface area contributed by atoms with Gasteiger partial charge in [-0.25, -0.2) is 0 Å². The minimum absolute atomic E-state index is 0.0966. The minimum atomic E-state index is -0.614. The van der Waals surface area contributed by atoms with E-state index in [2.05, 4.69) is 24.4 Å². The highest BCUT2D eigenvalue weighted by atomic mass is 32.1. The number of hydrogen-bond donors (Lipinski definition) is 2. The van der Waals surface area contributed by atoms with E-state index in [-0.39, 0.29) is 5.92 Å². The maximum atomic E-state index is 10.9. The Morgan fingerprint density at radius 2 is 2.00 bits per heavy atom. The maximum Gasteiger partial charge on any atom is 0.306 e. The van der Waals surface area contributed by atoms with Crippen molar-refractivity contribution in [1.29, 1.82) is 0 Å². The number of nitrogens with one attached hydrogen (secondary N) is 1. The lowest BCUT2D eigenvalue weighted by Gasteiger charge is -2.26. The van der Waals surface area contributed by atoms with Gasteiger partial charge in [-0.15, -0.1) is 11.3 Å². The van der Waals surface area contributed by atoms with Gasteiger partial charge in [0, 0.05) is 16.3 Å². The van der Waals surface area contributed by atoms with Crippen molar-refractivity contribution in [2.24, 2.45) is 11.8 Å². The molecule has 1 aliphatic carbocycles. The van der Waals surface area contributed by atoms with Crippen LogP contribution in [-0.2, 0) is 17.8 Å². The van der Waals surface area contributed by atoms with Crippen molar-refractivity contribution >= 4 is 17.3 Å². The molecule has 0 aliphatic heterocycles. The van der Waals surface area contributed by atoms with Gasteiger partial charge in [0.1, 0.15) is 0 Å². The van der Waals surface area contributed by atoms with Gasteiger partial charge in [0.15, 0.2) is 0 Å². The van der Waals surface area contributed by atoms with Crippen LogP contribution in [0, 0.1) is 11.8 Å². The summed E-state index contributed by atoms with van der Waals surface area (Å²) >= 11 is 1.88. The van der Waals surface area contributed by atoms with Gasteiger partial charge in [-0.05, 0) is 56.7 Å². The van der Waals surface area contributed by atoms with E-state index in [1.54, 1.807) is 0 Å². The molecule has 1 aromatic heterocycles. The molecule has 0 spiro atoms. The topological polar surface area (TPSA) is 49.3 Å². The summed E-state index contributed by atoms with van der Waals surface area (Å²) < 4.78 is 0. The Kier molecular flexibility index (Phi) is 5.40. The van der Waals surface area contributed by atoms with Crippen LogP contribution >= 0.6 is 11.3 Å². The second-order valence-corrected chi connectivity index (χ2v) is 6.66. The van der Waals surface area contributed by atoms with Crippen LogP contribution in [0.15, 0.2) is 12.1 Å². The summed E-state index contributed by atoms with van der Waals surface area (Å²) in [6, 6.07) is 4.41. The molecule has 3 nitrogen and oxygen atoms in total. The fourth-order valence-corrected chi connectivity index (χ4v) is 3.65. The molecule has 2 rings (SSSR count). The van der Waals surface area contributed by atoms with Crippen LogP contribution in [0.4, 0.5) is 0 Å². The fraction of sp³-hybridized carbons (Fsp3) is 0.667. The van der Waals surface area contributed by atoms with Gasteiger partial charge in [0.25, 0.3) is 0 Å². The molecule has 0 amide bonds. The van der Waals surface area contributed by atoms with Gasteiger partial charge in [-0.2, -0.15) is 0 Å². The first-order valence-corrected chi connectivity index (χ1v) is 8.01. The van der Waals surface area contributed by atoms with E-state index in [1.807, 2.05) is 11.3 Å². The number of carboxylic acid groups (broad SMARTS) is 1. The summed E-state index contributed by atoms with van der Waals surface area (Å²) in [6.45, 7) is 4.15. The van der Waals surface area contributed by atoms with Crippen molar-refractivity contribution in [2.45, 2.75) is 45.6 Å². The van der Waals surface area contributed by atoms with E-state index in [1.165, 1.54) is 9.75 Å². The van der Waals surface area contributed by atoms with Crippen LogP contribution in [0.3, 0.4) is 0 Å². The van der Waals surface area contributed by atoms with Crippen molar-refractivity contribution < 1.29 is 9.90 Å². The molecule has 0 unspecified atom stereocenters. The molecule has 0 saturated heterocycles. The first-order valence-electron chi connectivity index (χ1n) is 7.20. The van der Waals surface area contributed by atoms with Crippen LogP contribution in [0.25, 0.3) is 0 Å². The molecule has 1 aliphatic rings. The number of thiophene rings is 1. The summed E-state index contributed by atoms with van der Waals surface area (Å²) in [5, 5.41) is 12.5.